The molecule has 1 aliphatic heterocycles. The molecule has 2 aromatic rings. The molecule has 1 saturated heterocycles. The fraction of sp³-hybridized carbons (Fsp3) is 0.562. The van der Waals surface area contributed by atoms with Crippen LogP contribution >= 0.6 is 23.1 Å². The molecule has 136 valence electrons. The second-order valence-corrected chi connectivity index (χ2v) is 8.39. The average molecular weight is 382 g/mol. The van der Waals surface area contributed by atoms with Gasteiger partial charge in [0.25, 0.3) is 0 Å². The summed E-state index contributed by atoms with van der Waals surface area (Å²) in [4.78, 5) is 16.9. The monoisotopic (exact) mass is 381 g/mol. The molecule has 1 fully saturated rings. The highest BCUT2D eigenvalue weighted by Gasteiger charge is 2.25. The molecule has 1 amide bonds. The summed E-state index contributed by atoms with van der Waals surface area (Å²) in [6, 6.07) is 3.76. The van der Waals surface area contributed by atoms with Gasteiger partial charge in [-0.3, -0.25) is 4.79 Å². The minimum absolute atomic E-state index is 0.154. The predicted molar refractivity (Wildman–Crippen MR) is 100.0 cm³/mol. The van der Waals surface area contributed by atoms with E-state index in [4.69, 9.17) is 4.42 Å². The molecule has 1 unspecified atom stereocenters. The van der Waals surface area contributed by atoms with Crippen LogP contribution in [0.3, 0.4) is 0 Å². The number of likely N-dealkylation sites (N-methyl/N-ethyl adjacent to an activating group) is 1. The van der Waals surface area contributed by atoms with Gasteiger partial charge in [0, 0.05) is 26.2 Å². The van der Waals surface area contributed by atoms with Crippen LogP contribution in [0.1, 0.15) is 19.6 Å². The molecule has 1 atom stereocenters. The number of hydrogen-bond acceptors (Lipinski definition) is 8. The van der Waals surface area contributed by atoms with E-state index in [0.29, 0.717) is 6.54 Å². The third-order valence-corrected chi connectivity index (χ3v) is 6.21. The Morgan fingerprint density at radius 3 is 2.88 bits per heavy atom. The van der Waals surface area contributed by atoms with Gasteiger partial charge in [-0.1, -0.05) is 30.0 Å². The number of carbonyl (C=O) groups is 1. The standard InChI is InChI=1S/C16H23N5O2S2/c1-3-20-6-8-21(9-7-20)14(22)12(2)24-16-19-18-15(25-16)17-11-13-5-4-10-23-13/h4-5,10,12H,3,6-9,11H2,1-2H3,(H,17,18). The largest absolute Gasteiger partial charge is 0.467 e. The Kier molecular flexibility index (Phi) is 6.33. The summed E-state index contributed by atoms with van der Waals surface area (Å²) in [5.74, 6) is 1.03. The van der Waals surface area contributed by atoms with Crippen molar-refractivity contribution in [2.75, 3.05) is 38.0 Å². The van der Waals surface area contributed by atoms with Crippen molar-refractivity contribution in [3.63, 3.8) is 0 Å². The number of nitrogens with one attached hydrogen (secondary N) is 1. The van der Waals surface area contributed by atoms with E-state index in [9.17, 15) is 4.79 Å². The van der Waals surface area contributed by atoms with Gasteiger partial charge in [0.15, 0.2) is 4.34 Å². The maximum Gasteiger partial charge on any atom is 0.235 e. The Balaban J connectivity index is 1.47. The lowest BCUT2D eigenvalue weighted by Gasteiger charge is -2.35. The van der Waals surface area contributed by atoms with E-state index in [1.807, 2.05) is 24.0 Å². The number of rotatable bonds is 7. The molecule has 0 spiro atoms. The molecule has 7 nitrogen and oxygen atoms in total. The second-order valence-electron chi connectivity index (χ2n) is 5.83. The molecular formula is C16H23N5O2S2. The molecule has 3 rings (SSSR count). The number of piperazine rings is 1. The summed E-state index contributed by atoms with van der Waals surface area (Å²) in [5.41, 5.74) is 0. The van der Waals surface area contributed by atoms with Crippen molar-refractivity contribution in [2.24, 2.45) is 0 Å². The fourth-order valence-electron chi connectivity index (χ4n) is 2.65. The summed E-state index contributed by atoms with van der Waals surface area (Å²) in [5, 5.41) is 12.1. The van der Waals surface area contributed by atoms with Crippen LogP contribution in [-0.2, 0) is 11.3 Å². The van der Waals surface area contributed by atoms with Crippen LogP contribution in [0.4, 0.5) is 5.13 Å². The summed E-state index contributed by atoms with van der Waals surface area (Å²) < 4.78 is 6.08. The zero-order chi connectivity index (χ0) is 17.6. The highest BCUT2D eigenvalue weighted by Crippen LogP contribution is 2.30. The molecule has 3 heterocycles. The van der Waals surface area contributed by atoms with Gasteiger partial charge >= 0.3 is 0 Å². The number of thioether (sulfide) groups is 1. The van der Waals surface area contributed by atoms with E-state index in [1.54, 1.807) is 6.26 Å². The van der Waals surface area contributed by atoms with Crippen molar-refractivity contribution in [3.05, 3.63) is 24.2 Å². The highest BCUT2D eigenvalue weighted by atomic mass is 32.2. The topological polar surface area (TPSA) is 74.5 Å². The highest BCUT2D eigenvalue weighted by molar-refractivity contribution is 8.02. The number of nitrogens with zero attached hydrogens (tertiary/aromatic N) is 4. The maximum atomic E-state index is 12.6. The maximum absolute atomic E-state index is 12.6. The Bertz CT molecular complexity index is 668. The minimum Gasteiger partial charge on any atom is -0.467 e. The lowest BCUT2D eigenvalue weighted by molar-refractivity contribution is -0.132. The third kappa shape index (κ3) is 4.96. The zero-order valence-electron chi connectivity index (χ0n) is 14.5. The van der Waals surface area contributed by atoms with E-state index >= 15 is 0 Å². The van der Waals surface area contributed by atoms with Crippen LogP contribution in [0.15, 0.2) is 27.2 Å². The van der Waals surface area contributed by atoms with Crippen molar-refractivity contribution in [3.8, 4) is 0 Å². The van der Waals surface area contributed by atoms with Crippen LogP contribution in [0.2, 0.25) is 0 Å². The zero-order valence-corrected chi connectivity index (χ0v) is 16.1. The molecule has 0 radical (unpaired) electrons. The van der Waals surface area contributed by atoms with Crippen molar-refractivity contribution < 1.29 is 9.21 Å². The average Bonchev–Trinajstić information content (AvgIpc) is 3.31. The lowest BCUT2D eigenvalue weighted by Crippen LogP contribution is -2.50. The van der Waals surface area contributed by atoms with Crippen molar-refractivity contribution in [1.82, 2.24) is 20.0 Å². The summed E-state index contributed by atoms with van der Waals surface area (Å²) in [7, 11) is 0. The predicted octanol–water partition coefficient (Wildman–Crippen LogP) is 2.39. The van der Waals surface area contributed by atoms with Gasteiger partial charge in [-0.25, -0.2) is 0 Å². The molecule has 2 aromatic heterocycles. The summed E-state index contributed by atoms with van der Waals surface area (Å²) in [6.07, 6.45) is 1.64. The van der Waals surface area contributed by atoms with Gasteiger partial charge < -0.3 is 19.5 Å². The van der Waals surface area contributed by atoms with Crippen molar-refractivity contribution in [1.29, 1.82) is 0 Å². The number of anilines is 1. The number of furan rings is 1. The molecule has 0 aliphatic carbocycles. The number of amides is 1. The molecule has 0 bridgehead atoms. The molecular weight excluding hydrogens is 358 g/mol. The van der Waals surface area contributed by atoms with Gasteiger partial charge in [-0.2, -0.15) is 0 Å². The Labute approximate surface area is 155 Å². The molecule has 25 heavy (non-hydrogen) atoms. The van der Waals surface area contributed by atoms with Crippen molar-refractivity contribution >= 4 is 34.1 Å². The summed E-state index contributed by atoms with van der Waals surface area (Å²) in [6.45, 7) is 9.25. The SMILES string of the molecule is CCN1CCN(C(=O)C(C)Sc2nnc(NCc3ccco3)s2)CC1. The Morgan fingerprint density at radius 1 is 1.40 bits per heavy atom. The van der Waals surface area contributed by atoms with Crippen LogP contribution < -0.4 is 5.32 Å². The molecule has 1 N–H and O–H groups in total. The number of hydrogen-bond donors (Lipinski definition) is 1. The van der Waals surface area contributed by atoms with E-state index in [1.165, 1.54) is 23.1 Å². The first-order valence-corrected chi connectivity index (χ1v) is 10.1. The minimum atomic E-state index is -0.154. The van der Waals surface area contributed by atoms with Crippen molar-refractivity contribution in [2.45, 2.75) is 30.0 Å². The van der Waals surface area contributed by atoms with Gasteiger partial charge in [-0.05, 0) is 25.6 Å². The van der Waals surface area contributed by atoms with Crippen LogP contribution in [0.5, 0.6) is 0 Å². The van der Waals surface area contributed by atoms with Gasteiger partial charge in [0.1, 0.15) is 5.76 Å². The Morgan fingerprint density at radius 2 is 2.20 bits per heavy atom. The molecule has 9 heteroatoms. The smallest absolute Gasteiger partial charge is 0.235 e. The molecule has 1 aliphatic rings. The number of carbonyl (C=O) groups excluding carboxylic acids is 1. The first kappa shape index (κ1) is 18.2. The first-order chi connectivity index (χ1) is 12.2. The normalized spacial score (nSPS) is 16.8. The van der Waals surface area contributed by atoms with E-state index in [2.05, 4.69) is 27.3 Å². The van der Waals surface area contributed by atoms with Crippen LogP contribution in [-0.4, -0.2) is 63.9 Å². The second kappa shape index (κ2) is 8.68. The fourth-order valence-corrected chi connectivity index (χ4v) is 4.62. The summed E-state index contributed by atoms with van der Waals surface area (Å²) >= 11 is 2.93. The van der Waals surface area contributed by atoms with Gasteiger partial charge in [0.05, 0.1) is 18.1 Å². The van der Waals surface area contributed by atoms with E-state index in [-0.39, 0.29) is 11.2 Å². The first-order valence-electron chi connectivity index (χ1n) is 8.43. The van der Waals surface area contributed by atoms with Gasteiger partial charge in [-0.15, -0.1) is 10.2 Å². The Hall–Kier alpha value is -1.58. The van der Waals surface area contributed by atoms with E-state index in [0.717, 1.165) is 48.0 Å². The quantitative estimate of drug-likeness (QED) is 0.738. The molecule has 0 saturated carbocycles. The third-order valence-electron chi connectivity index (χ3n) is 4.16. The van der Waals surface area contributed by atoms with Crippen LogP contribution in [0, 0.1) is 0 Å². The van der Waals surface area contributed by atoms with Crippen LogP contribution in [0.25, 0.3) is 0 Å². The number of aromatic nitrogens is 2. The van der Waals surface area contributed by atoms with Gasteiger partial charge in [0.2, 0.25) is 11.0 Å². The van der Waals surface area contributed by atoms with E-state index < -0.39 is 0 Å². The molecule has 0 aromatic carbocycles. The lowest BCUT2D eigenvalue weighted by atomic mass is 10.3.